The summed E-state index contributed by atoms with van der Waals surface area (Å²) >= 11 is 0. The Morgan fingerprint density at radius 2 is 2.10 bits per heavy atom. The summed E-state index contributed by atoms with van der Waals surface area (Å²) in [5.41, 5.74) is 1.00. The number of amides is 1. The SMILES string of the molecule is CCCC(NC(=O)c1oc2c(c1C)C(=O)CCC2)C(=O)O. The molecule has 1 aromatic rings. The van der Waals surface area contributed by atoms with Crippen LogP contribution in [0.1, 0.15) is 64.8 Å². The van der Waals surface area contributed by atoms with Crippen molar-refractivity contribution in [3.05, 3.63) is 22.6 Å². The maximum atomic E-state index is 12.2. The van der Waals surface area contributed by atoms with E-state index in [1.165, 1.54) is 0 Å². The maximum absolute atomic E-state index is 12.2. The lowest BCUT2D eigenvalue weighted by Gasteiger charge is -2.12. The number of fused-ring (bicyclic) bond motifs is 1. The molecule has 0 radical (unpaired) electrons. The summed E-state index contributed by atoms with van der Waals surface area (Å²) in [5, 5.41) is 11.5. The predicted octanol–water partition coefficient (Wildman–Crippen LogP) is 2.09. The first-order valence-corrected chi connectivity index (χ1v) is 7.14. The van der Waals surface area contributed by atoms with Gasteiger partial charge in [0.2, 0.25) is 0 Å². The molecular weight excluding hydrogens is 274 g/mol. The van der Waals surface area contributed by atoms with Crippen molar-refractivity contribution in [3.63, 3.8) is 0 Å². The quantitative estimate of drug-likeness (QED) is 0.866. The number of carbonyl (C=O) groups is 3. The van der Waals surface area contributed by atoms with Crippen LogP contribution in [0.5, 0.6) is 0 Å². The molecule has 0 saturated carbocycles. The highest BCUT2D eigenvalue weighted by molar-refractivity contribution is 6.03. The van der Waals surface area contributed by atoms with Crippen molar-refractivity contribution in [2.24, 2.45) is 0 Å². The first-order valence-electron chi connectivity index (χ1n) is 7.14. The Bertz CT molecular complexity index is 587. The number of carboxylic acids is 1. The molecule has 1 heterocycles. The molecule has 0 bridgehead atoms. The van der Waals surface area contributed by atoms with E-state index in [0.717, 1.165) is 0 Å². The molecule has 2 N–H and O–H groups in total. The van der Waals surface area contributed by atoms with Crippen molar-refractivity contribution in [2.45, 2.75) is 52.0 Å². The first-order chi connectivity index (χ1) is 9.95. The van der Waals surface area contributed by atoms with Gasteiger partial charge in [0.15, 0.2) is 11.5 Å². The molecule has 21 heavy (non-hydrogen) atoms. The van der Waals surface area contributed by atoms with E-state index in [-0.39, 0.29) is 11.5 Å². The molecule has 1 aliphatic carbocycles. The fourth-order valence-electron chi connectivity index (χ4n) is 2.64. The molecule has 1 aliphatic rings. The van der Waals surface area contributed by atoms with Crippen LogP contribution in [0.2, 0.25) is 0 Å². The van der Waals surface area contributed by atoms with Crippen LogP contribution in [0.3, 0.4) is 0 Å². The predicted molar refractivity (Wildman–Crippen MR) is 74.5 cm³/mol. The number of carboxylic acid groups (broad SMARTS) is 1. The van der Waals surface area contributed by atoms with Gasteiger partial charge in [-0.25, -0.2) is 4.79 Å². The average molecular weight is 293 g/mol. The summed E-state index contributed by atoms with van der Waals surface area (Å²) in [6, 6.07) is -0.945. The standard InChI is InChI=1S/C15H19NO5/c1-3-5-9(15(19)20)16-14(18)13-8(2)12-10(17)6-4-7-11(12)21-13/h9H,3-7H2,1-2H3,(H,16,18)(H,19,20). The fraction of sp³-hybridized carbons (Fsp3) is 0.533. The minimum absolute atomic E-state index is 0.0140. The second-order valence-corrected chi connectivity index (χ2v) is 5.28. The monoisotopic (exact) mass is 293 g/mol. The molecule has 0 spiro atoms. The molecule has 0 fully saturated rings. The third kappa shape index (κ3) is 2.99. The van der Waals surface area contributed by atoms with Gasteiger partial charge in [0, 0.05) is 18.4 Å². The van der Waals surface area contributed by atoms with Crippen LogP contribution >= 0.6 is 0 Å². The lowest BCUT2D eigenvalue weighted by molar-refractivity contribution is -0.139. The Kier molecular flexibility index (Phi) is 4.45. The molecule has 2 rings (SSSR count). The molecule has 6 nitrogen and oxygen atoms in total. The van der Waals surface area contributed by atoms with Gasteiger partial charge in [0.25, 0.3) is 5.91 Å². The highest BCUT2D eigenvalue weighted by Gasteiger charge is 2.30. The summed E-state index contributed by atoms with van der Waals surface area (Å²) in [4.78, 5) is 35.2. The third-order valence-electron chi connectivity index (χ3n) is 3.69. The smallest absolute Gasteiger partial charge is 0.326 e. The van der Waals surface area contributed by atoms with E-state index in [4.69, 9.17) is 9.52 Å². The zero-order valence-corrected chi connectivity index (χ0v) is 12.2. The number of hydrogen-bond acceptors (Lipinski definition) is 4. The lowest BCUT2D eigenvalue weighted by atomic mass is 9.94. The summed E-state index contributed by atoms with van der Waals surface area (Å²) < 4.78 is 5.50. The number of hydrogen-bond donors (Lipinski definition) is 2. The van der Waals surface area contributed by atoms with Crippen LogP contribution < -0.4 is 5.32 Å². The van der Waals surface area contributed by atoms with E-state index < -0.39 is 17.9 Å². The summed E-state index contributed by atoms with van der Waals surface area (Å²) in [6.07, 6.45) is 2.80. The second-order valence-electron chi connectivity index (χ2n) is 5.28. The molecule has 0 saturated heterocycles. The zero-order valence-electron chi connectivity index (χ0n) is 12.2. The van der Waals surface area contributed by atoms with Gasteiger partial charge in [-0.2, -0.15) is 0 Å². The van der Waals surface area contributed by atoms with E-state index in [0.29, 0.717) is 49.0 Å². The normalized spacial score (nSPS) is 15.4. The number of aryl methyl sites for hydroxylation is 1. The van der Waals surface area contributed by atoms with Crippen molar-refractivity contribution < 1.29 is 23.9 Å². The van der Waals surface area contributed by atoms with Crippen molar-refractivity contribution in [3.8, 4) is 0 Å². The lowest BCUT2D eigenvalue weighted by Crippen LogP contribution is -2.40. The van der Waals surface area contributed by atoms with E-state index in [2.05, 4.69) is 5.32 Å². The molecule has 114 valence electrons. The second kappa shape index (κ2) is 6.11. The number of furan rings is 1. The topological polar surface area (TPSA) is 96.6 Å². The molecule has 1 amide bonds. The van der Waals surface area contributed by atoms with E-state index in [1.807, 2.05) is 6.92 Å². The van der Waals surface area contributed by atoms with Crippen LogP contribution in [0.15, 0.2) is 4.42 Å². The molecule has 0 aromatic carbocycles. The number of aliphatic carboxylic acids is 1. The number of rotatable bonds is 5. The largest absolute Gasteiger partial charge is 0.480 e. The van der Waals surface area contributed by atoms with Gasteiger partial charge in [-0.05, 0) is 19.8 Å². The maximum Gasteiger partial charge on any atom is 0.326 e. The Labute approximate surface area is 122 Å². The van der Waals surface area contributed by atoms with Crippen LogP contribution in [-0.2, 0) is 11.2 Å². The summed E-state index contributed by atoms with van der Waals surface area (Å²) in [6.45, 7) is 3.51. The molecular formula is C15H19NO5. The van der Waals surface area contributed by atoms with Gasteiger partial charge in [0.1, 0.15) is 11.8 Å². The van der Waals surface area contributed by atoms with Crippen LogP contribution in [0.25, 0.3) is 0 Å². The highest BCUT2D eigenvalue weighted by atomic mass is 16.4. The molecule has 0 aliphatic heterocycles. The van der Waals surface area contributed by atoms with Crippen LogP contribution in [0.4, 0.5) is 0 Å². The molecule has 6 heteroatoms. The molecule has 1 aromatic heterocycles. The minimum Gasteiger partial charge on any atom is -0.480 e. The Morgan fingerprint density at radius 3 is 2.67 bits per heavy atom. The van der Waals surface area contributed by atoms with Crippen molar-refractivity contribution in [1.29, 1.82) is 0 Å². The van der Waals surface area contributed by atoms with Gasteiger partial charge in [0.05, 0.1) is 5.56 Å². The zero-order chi connectivity index (χ0) is 15.6. The number of Topliss-reactive ketones (excluding diaryl/α,β-unsaturated/α-hetero) is 1. The van der Waals surface area contributed by atoms with Crippen molar-refractivity contribution >= 4 is 17.7 Å². The summed E-state index contributed by atoms with van der Waals surface area (Å²) in [7, 11) is 0. The fourth-order valence-corrected chi connectivity index (χ4v) is 2.64. The minimum atomic E-state index is -1.07. The van der Waals surface area contributed by atoms with Crippen molar-refractivity contribution in [1.82, 2.24) is 5.32 Å². The van der Waals surface area contributed by atoms with E-state index >= 15 is 0 Å². The van der Waals surface area contributed by atoms with E-state index in [9.17, 15) is 14.4 Å². The Morgan fingerprint density at radius 1 is 1.38 bits per heavy atom. The van der Waals surface area contributed by atoms with Crippen LogP contribution in [-0.4, -0.2) is 28.8 Å². The number of nitrogens with one attached hydrogen (secondary N) is 1. The van der Waals surface area contributed by atoms with Gasteiger partial charge < -0.3 is 14.8 Å². The van der Waals surface area contributed by atoms with Gasteiger partial charge in [-0.3, -0.25) is 9.59 Å². The average Bonchev–Trinajstić information content (AvgIpc) is 2.77. The Balaban J connectivity index is 2.24. The Hall–Kier alpha value is -2.11. The van der Waals surface area contributed by atoms with Crippen molar-refractivity contribution in [2.75, 3.05) is 0 Å². The van der Waals surface area contributed by atoms with Crippen LogP contribution in [0, 0.1) is 6.92 Å². The van der Waals surface area contributed by atoms with Gasteiger partial charge >= 0.3 is 5.97 Å². The van der Waals surface area contributed by atoms with E-state index in [1.54, 1.807) is 6.92 Å². The summed E-state index contributed by atoms with van der Waals surface area (Å²) in [5.74, 6) is -1.07. The highest BCUT2D eigenvalue weighted by Crippen LogP contribution is 2.29. The molecule has 1 unspecified atom stereocenters. The molecule has 1 atom stereocenters. The first kappa shape index (κ1) is 15.3. The van der Waals surface area contributed by atoms with Gasteiger partial charge in [-0.15, -0.1) is 0 Å². The number of ketones is 1. The number of carbonyl (C=O) groups excluding carboxylic acids is 2. The van der Waals surface area contributed by atoms with Gasteiger partial charge in [-0.1, -0.05) is 13.3 Å². The third-order valence-corrected chi connectivity index (χ3v) is 3.69.